The van der Waals surface area contributed by atoms with Crippen LogP contribution in [0.3, 0.4) is 0 Å². The predicted octanol–water partition coefficient (Wildman–Crippen LogP) is 3.84. The van der Waals surface area contributed by atoms with Gasteiger partial charge in [0, 0.05) is 23.0 Å². The van der Waals surface area contributed by atoms with Crippen molar-refractivity contribution in [2.45, 2.75) is 23.8 Å². The van der Waals surface area contributed by atoms with Gasteiger partial charge in [0.2, 0.25) is 0 Å². The number of hydrogen-bond donors (Lipinski definition) is 0. The van der Waals surface area contributed by atoms with Gasteiger partial charge in [-0.25, -0.2) is 4.98 Å². The average molecular weight is 304 g/mol. The molecule has 1 atom stereocenters. The van der Waals surface area contributed by atoms with Crippen molar-refractivity contribution in [2.24, 2.45) is 0 Å². The second-order valence-electron chi connectivity index (χ2n) is 4.73. The maximum Gasteiger partial charge on any atom is 0.255 e. The number of nitrogens with zero attached hydrogens (tertiary/aromatic N) is 2. The number of rotatable bonds is 3. The topological polar surface area (TPSA) is 33.2 Å². The Morgan fingerprint density at radius 3 is 3.05 bits per heavy atom. The highest BCUT2D eigenvalue weighted by Crippen LogP contribution is 2.35. The highest BCUT2D eigenvalue weighted by Gasteiger charge is 2.32. The van der Waals surface area contributed by atoms with E-state index in [0.29, 0.717) is 0 Å². The van der Waals surface area contributed by atoms with E-state index in [0.717, 1.165) is 34.9 Å². The molecule has 0 N–H and O–H groups in total. The van der Waals surface area contributed by atoms with Gasteiger partial charge in [-0.1, -0.05) is 12.1 Å². The molecule has 0 spiro atoms. The highest BCUT2D eigenvalue weighted by atomic mass is 32.2. The largest absolute Gasteiger partial charge is 0.329 e. The van der Waals surface area contributed by atoms with Crippen molar-refractivity contribution in [3.05, 3.63) is 46.4 Å². The number of amides is 1. The molecule has 0 radical (unpaired) electrons. The first-order valence-corrected chi connectivity index (χ1v) is 8.75. The van der Waals surface area contributed by atoms with Crippen LogP contribution in [0.1, 0.15) is 34.2 Å². The third-order valence-corrected chi connectivity index (χ3v) is 5.26. The Morgan fingerprint density at radius 2 is 2.30 bits per heavy atom. The monoisotopic (exact) mass is 304 g/mol. The van der Waals surface area contributed by atoms with E-state index in [-0.39, 0.29) is 11.9 Å². The molecule has 5 heteroatoms. The summed E-state index contributed by atoms with van der Waals surface area (Å²) in [5, 5.41) is 3.03. The molecule has 20 heavy (non-hydrogen) atoms. The molecule has 0 unspecified atom stereocenters. The molecular weight excluding hydrogens is 288 g/mol. The minimum Gasteiger partial charge on any atom is -0.329 e. The van der Waals surface area contributed by atoms with Gasteiger partial charge in [0.1, 0.15) is 5.01 Å². The normalized spacial score (nSPS) is 18.4. The van der Waals surface area contributed by atoms with Crippen molar-refractivity contribution in [3.63, 3.8) is 0 Å². The second-order valence-corrected chi connectivity index (χ2v) is 6.50. The van der Waals surface area contributed by atoms with Gasteiger partial charge in [-0.3, -0.25) is 4.79 Å². The van der Waals surface area contributed by atoms with Crippen LogP contribution in [-0.2, 0) is 0 Å². The molecule has 0 aliphatic carbocycles. The molecule has 3 nitrogen and oxygen atoms in total. The predicted molar refractivity (Wildman–Crippen MR) is 83.3 cm³/mol. The molecule has 2 aromatic rings. The summed E-state index contributed by atoms with van der Waals surface area (Å²) in [7, 11) is 0. The van der Waals surface area contributed by atoms with Crippen LogP contribution < -0.4 is 0 Å². The molecule has 2 heterocycles. The van der Waals surface area contributed by atoms with Crippen LogP contribution in [0.15, 0.2) is 40.7 Å². The van der Waals surface area contributed by atoms with Crippen molar-refractivity contribution in [1.29, 1.82) is 0 Å². The summed E-state index contributed by atoms with van der Waals surface area (Å²) in [4.78, 5) is 20.2. The van der Waals surface area contributed by atoms with Gasteiger partial charge in [0.25, 0.3) is 5.91 Å². The molecule has 1 fully saturated rings. The molecule has 1 aliphatic rings. The fourth-order valence-corrected chi connectivity index (χ4v) is 4.02. The van der Waals surface area contributed by atoms with Gasteiger partial charge in [-0.2, -0.15) is 0 Å². The average Bonchev–Trinajstić information content (AvgIpc) is 3.16. The molecule has 1 aliphatic heterocycles. The first kappa shape index (κ1) is 13.6. The van der Waals surface area contributed by atoms with E-state index in [9.17, 15) is 4.79 Å². The quantitative estimate of drug-likeness (QED) is 0.808. The Hall–Kier alpha value is -1.33. The number of thiazole rings is 1. The van der Waals surface area contributed by atoms with Crippen molar-refractivity contribution < 1.29 is 4.79 Å². The lowest BCUT2D eigenvalue weighted by molar-refractivity contribution is 0.0732. The highest BCUT2D eigenvalue weighted by molar-refractivity contribution is 7.98. The summed E-state index contributed by atoms with van der Waals surface area (Å²) < 4.78 is 0. The lowest BCUT2D eigenvalue weighted by atomic mass is 10.1. The van der Waals surface area contributed by atoms with Crippen molar-refractivity contribution >= 4 is 29.0 Å². The van der Waals surface area contributed by atoms with Crippen molar-refractivity contribution in [1.82, 2.24) is 9.88 Å². The molecular formula is C15H16N2OS2. The van der Waals surface area contributed by atoms with E-state index in [4.69, 9.17) is 0 Å². The van der Waals surface area contributed by atoms with E-state index >= 15 is 0 Å². The fourth-order valence-electron chi connectivity index (χ4n) is 2.64. The Bertz CT molecular complexity index is 598. The number of hydrogen-bond acceptors (Lipinski definition) is 4. The number of carbonyl (C=O) groups is 1. The van der Waals surface area contributed by atoms with Crippen molar-refractivity contribution in [2.75, 3.05) is 12.8 Å². The Balaban J connectivity index is 1.90. The van der Waals surface area contributed by atoms with Gasteiger partial charge in [0.15, 0.2) is 0 Å². The van der Waals surface area contributed by atoms with Gasteiger partial charge >= 0.3 is 0 Å². The summed E-state index contributed by atoms with van der Waals surface area (Å²) in [6.45, 7) is 0.825. The zero-order valence-corrected chi connectivity index (χ0v) is 12.9. The summed E-state index contributed by atoms with van der Waals surface area (Å²) >= 11 is 3.26. The number of aromatic nitrogens is 1. The number of thioether (sulfide) groups is 1. The minimum atomic E-state index is 0.132. The summed E-state index contributed by atoms with van der Waals surface area (Å²) in [6, 6.07) is 7.99. The third kappa shape index (κ3) is 2.47. The lowest BCUT2D eigenvalue weighted by Gasteiger charge is -2.24. The molecule has 0 bridgehead atoms. The van der Waals surface area contributed by atoms with E-state index in [2.05, 4.69) is 4.98 Å². The summed E-state index contributed by atoms with van der Waals surface area (Å²) in [5.41, 5.74) is 0.809. The molecule has 1 aromatic heterocycles. The molecule has 3 rings (SSSR count). The SMILES string of the molecule is CSc1ccccc1C(=O)N1CCC[C@H]1c1nccs1. The van der Waals surface area contributed by atoms with Gasteiger partial charge in [-0.05, 0) is 31.2 Å². The number of benzene rings is 1. The number of carbonyl (C=O) groups excluding carboxylic acids is 1. The lowest BCUT2D eigenvalue weighted by Crippen LogP contribution is -2.30. The number of likely N-dealkylation sites (tertiary alicyclic amines) is 1. The zero-order chi connectivity index (χ0) is 13.9. The van der Waals surface area contributed by atoms with Crippen LogP contribution in [0, 0.1) is 0 Å². The van der Waals surface area contributed by atoms with Crippen LogP contribution in [-0.4, -0.2) is 28.6 Å². The maximum absolute atomic E-state index is 12.8. The Kier molecular flexibility index (Phi) is 4.08. The van der Waals surface area contributed by atoms with E-state index in [1.54, 1.807) is 23.1 Å². The molecule has 104 valence electrons. The molecule has 1 amide bonds. The second kappa shape index (κ2) is 5.97. The zero-order valence-electron chi connectivity index (χ0n) is 11.3. The fraction of sp³-hybridized carbons (Fsp3) is 0.333. The Morgan fingerprint density at radius 1 is 1.45 bits per heavy atom. The van der Waals surface area contributed by atoms with Crippen LogP contribution in [0.2, 0.25) is 0 Å². The van der Waals surface area contributed by atoms with Crippen LogP contribution in [0.25, 0.3) is 0 Å². The van der Waals surface area contributed by atoms with Gasteiger partial charge in [-0.15, -0.1) is 23.1 Å². The van der Waals surface area contributed by atoms with Gasteiger partial charge in [0.05, 0.1) is 11.6 Å². The molecule has 1 aromatic carbocycles. The smallest absolute Gasteiger partial charge is 0.255 e. The van der Waals surface area contributed by atoms with E-state index < -0.39 is 0 Å². The first-order chi connectivity index (χ1) is 9.81. The van der Waals surface area contributed by atoms with E-state index in [1.165, 1.54) is 0 Å². The summed E-state index contributed by atoms with van der Waals surface area (Å²) in [5.74, 6) is 0.132. The first-order valence-electron chi connectivity index (χ1n) is 6.64. The van der Waals surface area contributed by atoms with Crippen molar-refractivity contribution in [3.8, 4) is 0 Å². The third-order valence-electron chi connectivity index (χ3n) is 3.59. The van der Waals surface area contributed by atoms with Crippen LogP contribution in [0.5, 0.6) is 0 Å². The van der Waals surface area contributed by atoms with Crippen LogP contribution in [0.4, 0.5) is 0 Å². The molecule has 1 saturated heterocycles. The standard InChI is InChI=1S/C15H16N2OS2/c1-19-13-7-3-2-5-11(13)15(18)17-9-4-6-12(17)14-16-8-10-20-14/h2-3,5,7-8,10,12H,4,6,9H2,1H3/t12-/m0/s1. The maximum atomic E-state index is 12.8. The molecule has 0 saturated carbocycles. The summed E-state index contributed by atoms with van der Waals surface area (Å²) in [6.07, 6.45) is 5.89. The Labute approximate surface area is 127 Å². The minimum absolute atomic E-state index is 0.132. The van der Waals surface area contributed by atoms with Gasteiger partial charge < -0.3 is 4.90 Å². The van der Waals surface area contributed by atoms with E-state index in [1.807, 2.05) is 47.0 Å². The van der Waals surface area contributed by atoms with Crippen LogP contribution >= 0.6 is 23.1 Å².